The third-order valence-electron chi connectivity index (χ3n) is 6.60. The van der Waals surface area contributed by atoms with Crippen LogP contribution in [0.25, 0.3) is 11.4 Å². The summed E-state index contributed by atoms with van der Waals surface area (Å²) in [5, 5.41) is 9.54. The Bertz CT molecular complexity index is 1070. The fraction of sp³-hybridized carbons (Fsp3) is 0.435. The van der Waals surface area contributed by atoms with E-state index in [0.29, 0.717) is 5.56 Å². The molecule has 8 heteroatoms. The minimum absolute atomic E-state index is 0.189. The number of rotatable bonds is 7. The number of halogens is 2. The molecule has 162 valence electrons. The van der Waals surface area contributed by atoms with Gasteiger partial charge < -0.3 is 9.47 Å². The molecule has 1 aliphatic carbocycles. The second-order valence-corrected chi connectivity index (χ2v) is 9.68. The van der Waals surface area contributed by atoms with Gasteiger partial charge in [0.25, 0.3) is 0 Å². The van der Waals surface area contributed by atoms with Crippen molar-refractivity contribution >= 4 is 11.8 Å². The predicted molar refractivity (Wildman–Crippen MR) is 117 cm³/mol. The van der Waals surface area contributed by atoms with Gasteiger partial charge >= 0.3 is 0 Å². The van der Waals surface area contributed by atoms with E-state index in [1.165, 1.54) is 6.07 Å². The molecular weight excluding hydrogens is 416 g/mol. The molecule has 3 heterocycles. The maximum Gasteiger partial charge on any atom is 0.191 e. The van der Waals surface area contributed by atoms with Gasteiger partial charge in [-0.2, -0.15) is 0 Å². The summed E-state index contributed by atoms with van der Waals surface area (Å²) < 4.78 is 29.4. The molecule has 2 atom stereocenters. The van der Waals surface area contributed by atoms with Crippen LogP contribution < -0.4 is 0 Å². The Morgan fingerprint density at radius 3 is 2.94 bits per heavy atom. The van der Waals surface area contributed by atoms with Crippen molar-refractivity contribution in [1.29, 1.82) is 0 Å². The molecule has 2 fully saturated rings. The number of likely N-dealkylation sites (tertiary alicyclic amines) is 1. The van der Waals surface area contributed by atoms with Crippen LogP contribution in [-0.4, -0.2) is 50.0 Å². The number of thioether (sulfide) groups is 1. The van der Waals surface area contributed by atoms with Crippen LogP contribution in [0, 0.1) is 17.0 Å². The third kappa shape index (κ3) is 4.11. The molecule has 0 N–H and O–H groups in total. The first-order valence-corrected chi connectivity index (χ1v) is 11.6. The molecule has 0 amide bonds. The summed E-state index contributed by atoms with van der Waals surface area (Å²) in [5.74, 6) is 1.13. The van der Waals surface area contributed by atoms with Crippen molar-refractivity contribution < 1.29 is 8.78 Å². The summed E-state index contributed by atoms with van der Waals surface area (Å²) in [6, 6.07) is 7.90. The second kappa shape index (κ2) is 8.31. The first kappa shape index (κ1) is 20.6. The highest BCUT2D eigenvalue weighted by Gasteiger charge is 2.58. The molecule has 0 radical (unpaired) electrons. The van der Waals surface area contributed by atoms with Gasteiger partial charge in [-0.3, -0.25) is 4.98 Å². The van der Waals surface area contributed by atoms with Gasteiger partial charge in [0.1, 0.15) is 11.6 Å². The van der Waals surface area contributed by atoms with Crippen molar-refractivity contribution in [2.75, 3.05) is 25.4 Å². The molecule has 1 saturated heterocycles. The largest absolute Gasteiger partial charge is 0.305 e. The van der Waals surface area contributed by atoms with Crippen molar-refractivity contribution in [2.45, 2.75) is 30.3 Å². The third-order valence-corrected chi connectivity index (χ3v) is 7.70. The van der Waals surface area contributed by atoms with Crippen LogP contribution in [0.1, 0.15) is 30.7 Å². The second-order valence-electron chi connectivity index (χ2n) is 8.62. The quantitative estimate of drug-likeness (QED) is 0.399. The van der Waals surface area contributed by atoms with Crippen LogP contribution in [0.5, 0.6) is 0 Å². The van der Waals surface area contributed by atoms with Crippen molar-refractivity contribution in [3.8, 4) is 11.4 Å². The number of benzene rings is 1. The minimum atomic E-state index is -0.503. The van der Waals surface area contributed by atoms with Crippen molar-refractivity contribution in [1.82, 2.24) is 24.6 Å². The van der Waals surface area contributed by atoms with E-state index >= 15 is 0 Å². The van der Waals surface area contributed by atoms with Crippen molar-refractivity contribution in [3.63, 3.8) is 0 Å². The Kier molecular flexibility index (Phi) is 5.52. The van der Waals surface area contributed by atoms with Gasteiger partial charge in [0.05, 0.1) is 0 Å². The molecule has 0 bridgehead atoms. The van der Waals surface area contributed by atoms with Crippen LogP contribution in [0.15, 0.2) is 47.9 Å². The lowest BCUT2D eigenvalue weighted by Crippen LogP contribution is -2.23. The lowest BCUT2D eigenvalue weighted by Gasteiger charge is -2.16. The van der Waals surface area contributed by atoms with Gasteiger partial charge in [-0.1, -0.05) is 17.8 Å². The maximum atomic E-state index is 14.2. The fourth-order valence-corrected chi connectivity index (χ4v) is 5.67. The maximum absolute atomic E-state index is 14.2. The van der Waals surface area contributed by atoms with E-state index in [1.54, 1.807) is 30.2 Å². The average molecular weight is 442 g/mol. The molecule has 2 aliphatic rings. The molecule has 1 saturated carbocycles. The zero-order chi connectivity index (χ0) is 21.4. The van der Waals surface area contributed by atoms with Gasteiger partial charge in [-0.15, -0.1) is 10.2 Å². The smallest absolute Gasteiger partial charge is 0.191 e. The molecular formula is C23H25F2N5S. The Morgan fingerprint density at radius 2 is 2.13 bits per heavy atom. The highest BCUT2D eigenvalue weighted by atomic mass is 32.2. The van der Waals surface area contributed by atoms with Crippen molar-refractivity contribution in [2.24, 2.45) is 12.5 Å². The first-order chi connectivity index (χ1) is 15.1. The van der Waals surface area contributed by atoms with Crippen molar-refractivity contribution in [3.05, 3.63) is 59.9 Å². The van der Waals surface area contributed by atoms with E-state index in [9.17, 15) is 8.78 Å². The average Bonchev–Trinajstić information content (AvgIpc) is 3.10. The number of nitrogens with zero attached hydrogens (tertiary/aromatic N) is 5. The molecule has 1 spiro atoms. The van der Waals surface area contributed by atoms with E-state index < -0.39 is 11.6 Å². The normalized spacial score (nSPS) is 23.0. The molecule has 5 rings (SSSR count). The highest BCUT2D eigenvalue weighted by molar-refractivity contribution is 7.99. The SMILES string of the molecule is Cn1c(SCCCN2CC[C@@]3(C[C@@H]3c3ccc(F)cc3F)C2)nnc1-c1cccnc1. The van der Waals surface area contributed by atoms with Crippen LogP contribution >= 0.6 is 11.8 Å². The van der Waals surface area contributed by atoms with Gasteiger partial charge in [0.15, 0.2) is 11.0 Å². The van der Waals surface area contributed by atoms with E-state index in [2.05, 4.69) is 20.1 Å². The lowest BCUT2D eigenvalue weighted by atomic mass is 9.98. The summed E-state index contributed by atoms with van der Waals surface area (Å²) in [4.78, 5) is 6.64. The highest BCUT2D eigenvalue weighted by Crippen LogP contribution is 2.64. The summed E-state index contributed by atoms with van der Waals surface area (Å²) >= 11 is 1.72. The molecule has 1 aliphatic heterocycles. The first-order valence-electron chi connectivity index (χ1n) is 10.7. The molecule has 2 aromatic heterocycles. The Hall–Kier alpha value is -2.32. The summed E-state index contributed by atoms with van der Waals surface area (Å²) in [6.07, 6.45) is 6.71. The zero-order valence-electron chi connectivity index (χ0n) is 17.5. The van der Waals surface area contributed by atoms with Gasteiger partial charge in [-0.05, 0) is 67.4 Å². The molecule has 1 aromatic carbocycles. The van der Waals surface area contributed by atoms with Crippen LogP contribution in [0.4, 0.5) is 8.78 Å². The molecule has 0 unspecified atom stereocenters. The molecule has 5 nitrogen and oxygen atoms in total. The Balaban J connectivity index is 1.10. The Labute approximate surface area is 184 Å². The van der Waals surface area contributed by atoms with E-state index in [1.807, 2.05) is 23.7 Å². The summed E-state index contributed by atoms with van der Waals surface area (Å²) in [5.41, 5.74) is 1.84. The lowest BCUT2D eigenvalue weighted by molar-refractivity contribution is 0.319. The number of hydrogen-bond acceptors (Lipinski definition) is 5. The summed E-state index contributed by atoms with van der Waals surface area (Å²) in [7, 11) is 1.98. The topological polar surface area (TPSA) is 46.8 Å². The minimum Gasteiger partial charge on any atom is -0.305 e. The van der Waals surface area contributed by atoms with E-state index in [0.717, 1.165) is 67.3 Å². The van der Waals surface area contributed by atoms with Gasteiger partial charge in [-0.25, -0.2) is 8.78 Å². The fourth-order valence-electron chi connectivity index (χ4n) is 4.84. The molecule has 31 heavy (non-hydrogen) atoms. The molecule has 3 aromatic rings. The van der Waals surface area contributed by atoms with Crippen LogP contribution in [0.3, 0.4) is 0 Å². The van der Waals surface area contributed by atoms with Gasteiger partial charge in [0.2, 0.25) is 0 Å². The van der Waals surface area contributed by atoms with Crippen LogP contribution in [-0.2, 0) is 7.05 Å². The Morgan fingerprint density at radius 1 is 1.23 bits per heavy atom. The van der Waals surface area contributed by atoms with E-state index in [-0.39, 0.29) is 11.3 Å². The number of hydrogen-bond donors (Lipinski definition) is 0. The van der Waals surface area contributed by atoms with E-state index in [4.69, 9.17) is 0 Å². The monoisotopic (exact) mass is 441 g/mol. The van der Waals surface area contributed by atoms with Crippen LogP contribution in [0.2, 0.25) is 0 Å². The zero-order valence-corrected chi connectivity index (χ0v) is 18.3. The van der Waals surface area contributed by atoms with Gasteiger partial charge in [0, 0.05) is 43.4 Å². The number of pyridine rings is 1. The number of aromatic nitrogens is 4. The standard InChI is InChI=1S/C23H25F2N5S/c1-29-21(16-4-2-8-26-14-16)27-28-22(29)31-11-3-9-30-10-7-23(15-30)13-19(23)18-6-5-17(24)12-20(18)25/h2,4-6,8,12,14,19H,3,7,9-11,13,15H2,1H3/t19-,23-/m1/s1. The predicted octanol–water partition coefficient (Wildman–Crippen LogP) is 4.52. The summed E-state index contributed by atoms with van der Waals surface area (Å²) in [6.45, 7) is 3.09.